The number of halogens is 2. The molecule has 0 aliphatic rings. The molecule has 0 saturated heterocycles. The molecule has 2 N–H and O–H groups in total. The van der Waals surface area contributed by atoms with Crippen LogP contribution in [0.15, 0.2) is 53.4 Å². The summed E-state index contributed by atoms with van der Waals surface area (Å²) in [7, 11) is -3.84. The van der Waals surface area contributed by atoms with Crippen molar-refractivity contribution in [1.82, 2.24) is 4.72 Å². The molecule has 1 unspecified atom stereocenters. The highest BCUT2D eigenvalue weighted by molar-refractivity contribution is 7.89. The van der Waals surface area contributed by atoms with Gasteiger partial charge in [0, 0.05) is 11.6 Å². The minimum absolute atomic E-state index is 0.0705. The van der Waals surface area contributed by atoms with E-state index in [1.165, 1.54) is 18.2 Å². The minimum atomic E-state index is -3.84. The fraction of sp³-hybridized carbons (Fsp3) is 0.143. The second-order valence-corrected chi connectivity index (χ2v) is 6.93. The lowest BCUT2D eigenvalue weighted by Gasteiger charge is -2.13. The zero-order chi connectivity index (χ0) is 15.5. The van der Waals surface area contributed by atoms with E-state index in [9.17, 15) is 13.5 Å². The summed E-state index contributed by atoms with van der Waals surface area (Å²) in [6.07, 6.45) is -0.945. The monoisotopic (exact) mass is 345 g/mol. The van der Waals surface area contributed by atoms with E-state index >= 15 is 0 Å². The van der Waals surface area contributed by atoms with Crippen LogP contribution in [-0.4, -0.2) is 20.1 Å². The molecular weight excluding hydrogens is 333 g/mol. The van der Waals surface area contributed by atoms with Crippen LogP contribution in [0.1, 0.15) is 11.7 Å². The predicted octanol–water partition coefficient (Wildman–Crippen LogP) is 3.01. The molecule has 0 bridgehead atoms. The maximum atomic E-state index is 12.2. The van der Waals surface area contributed by atoms with Gasteiger partial charge in [0.15, 0.2) is 0 Å². The molecule has 4 nitrogen and oxygen atoms in total. The lowest BCUT2D eigenvalue weighted by molar-refractivity contribution is 0.182. The van der Waals surface area contributed by atoms with Crippen LogP contribution in [0.25, 0.3) is 0 Å². The van der Waals surface area contributed by atoms with Gasteiger partial charge in [0.05, 0.1) is 11.1 Å². The van der Waals surface area contributed by atoms with Gasteiger partial charge in [-0.25, -0.2) is 13.1 Å². The quantitative estimate of drug-likeness (QED) is 0.875. The normalized spacial score (nSPS) is 13.1. The Morgan fingerprint density at radius 2 is 1.76 bits per heavy atom. The first kappa shape index (κ1) is 16.3. The third kappa shape index (κ3) is 4.18. The fourth-order valence-corrected chi connectivity index (χ4v) is 3.54. The fourth-order valence-electron chi connectivity index (χ4n) is 1.74. The first-order valence-corrected chi connectivity index (χ1v) is 8.32. The van der Waals surface area contributed by atoms with E-state index in [0.717, 1.165) is 0 Å². The van der Waals surface area contributed by atoms with Crippen LogP contribution < -0.4 is 4.72 Å². The van der Waals surface area contributed by atoms with Gasteiger partial charge >= 0.3 is 0 Å². The molecule has 0 amide bonds. The predicted molar refractivity (Wildman–Crippen MR) is 83.1 cm³/mol. The SMILES string of the molecule is O=S(=O)(NCC(O)c1ccccc1)c1cc(Cl)ccc1Cl. The van der Waals surface area contributed by atoms with E-state index in [0.29, 0.717) is 5.56 Å². The second kappa shape index (κ2) is 6.77. The van der Waals surface area contributed by atoms with Gasteiger partial charge in [0.1, 0.15) is 4.90 Å². The lowest BCUT2D eigenvalue weighted by atomic mass is 10.1. The summed E-state index contributed by atoms with van der Waals surface area (Å²) in [4.78, 5) is -0.114. The molecule has 0 fully saturated rings. The zero-order valence-electron chi connectivity index (χ0n) is 10.8. The second-order valence-electron chi connectivity index (χ2n) is 4.35. The molecular formula is C14H13Cl2NO3S. The van der Waals surface area contributed by atoms with Crippen LogP contribution in [0.4, 0.5) is 0 Å². The van der Waals surface area contributed by atoms with Crippen LogP contribution in [0.3, 0.4) is 0 Å². The molecule has 7 heteroatoms. The third-order valence-electron chi connectivity index (χ3n) is 2.83. The number of rotatable bonds is 5. The van der Waals surface area contributed by atoms with Gasteiger partial charge in [-0.2, -0.15) is 0 Å². The molecule has 2 rings (SSSR count). The molecule has 0 aromatic heterocycles. The Labute approximate surface area is 133 Å². The van der Waals surface area contributed by atoms with Crippen molar-refractivity contribution in [3.8, 4) is 0 Å². The number of sulfonamides is 1. The molecule has 21 heavy (non-hydrogen) atoms. The smallest absolute Gasteiger partial charge is 0.242 e. The number of nitrogens with one attached hydrogen (secondary N) is 1. The number of hydrogen-bond acceptors (Lipinski definition) is 3. The van der Waals surface area contributed by atoms with Gasteiger partial charge in [-0.3, -0.25) is 0 Å². The molecule has 2 aromatic carbocycles. The molecule has 112 valence electrons. The van der Waals surface area contributed by atoms with Crippen molar-refractivity contribution >= 4 is 33.2 Å². The van der Waals surface area contributed by atoms with Gasteiger partial charge in [-0.1, -0.05) is 53.5 Å². The Morgan fingerprint density at radius 1 is 1.10 bits per heavy atom. The van der Waals surface area contributed by atoms with Crippen LogP contribution in [0, 0.1) is 0 Å². The summed E-state index contributed by atoms with van der Waals surface area (Å²) in [6.45, 7) is -0.158. The highest BCUT2D eigenvalue weighted by Gasteiger charge is 2.20. The van der Waals surface area contributed by atoms with Crippen LogP contribution in [0.2, 0.25) is 10.0 Å². The Bertz CT molecular complexity index is 720. The summed E-state index contributed by atoms with van der Waals surface area (Å²) in [5, 5.41) is 10.3. The van der Waals surface area contributed by atoms with Crippen molar-refractivity contribution in [3.63, 3.8) is 0 Å². The molecule has 0 radical (unpaired) electrons. The summed E-state index contributed by atoms with van der Waals surface area (Å²) in [5.74, 6) is 0. The van der Waals surface area contributed by atoms with E-state index in [4.69, 9.17) is 23.2 Å². The van der Waals surface area contributed by atoms with E-state index < -0.39 is 16.1 Å². The summed E-state index contributed by atoms with van der Waals surface area (Å²) in [5.41, 5.74) is 0.623. The molecule has 0 aliphatic heterocycles. The highest BCUT2D eigenvalue weighted by Crippen LogP contribution is 2.25. The van der Waals surface area contributed by atoms with E-state index in [1.807, 2.05) is 6.07 Å². The summed E-state index contributed by atoms with van der Waals surface area (Å²) >= 11 is 11.7. The number of hydrogen-bond donors (Lipinski definition) is 2. The van der Waals surface area contributed by atoms with Gasteiger partial charge in [0.25, 0.3) is 0 Å². The molecule has 1 atom stereocenters. The highest BCUT2D eigenvalue weighted by atomic mass is 35.5. The number of benzene rings is 2. The van der Waals surface area contributed by atoms with Crippen molar-refractivity contribution in [1.29, 1.82) is 0 Å². The van der Waals surface area contributed by atoms with Crippen LogP contribution in [-0.2, 0) is 10.0 Å². The van der Waals surface area contributed by atoms with Gasteiger partial charge < -0.3 is 5.11 Å². The Balaban J connectivity index is 2.13. The standard InChI is InChI=1S/C14H13Cl2NO3S/c15-11-6-7-12(16)14(8-11)21(19,20)17-9-13(18)10-4-2-1-3-5-10/h1-8,13,17-18H,9H2. The van der Waals surface area contributed by atoms with Crippen molar-refractivity contribution in [2.45, 2.75) is 11.0 Å². The molecule has 0 heterocycles. The number of aliphatic hydroxyl groups excluding tert-OH is 1. The summed E-state index contributed by atoms with van der Waals surface area (Å²) in [6, 6.07) is 12.9. The van der Waals surface area contributed by atoms with Gasteiger partial charge in [-0.15, -0.1) is 0 Å². The van der Waals surface area contributed by atoms with Crippen molar-refractivity contribution < 1.29 is 13.5 Å². The topological polar surface area (TPSA) is 66.4 Å². The maximum absolute atomic E-state index is 12.2. The van der Waals surface area contributed by atoms with Crippen LogP contribution >= 0.6 is 23.2 Å². The zero-order valence-corrected chi connectivity index (χ0v) is 13.2. The average Bonchev–Trinajstić information content (AvgIpc) is 2.48. The van der Waals surface area contributed by atoms with Crippen molar-refractivity contribution in [3.05, 3.63) is 64.1 Å². The van der Waals surface area contributed by atoms with Crippen molar-refractivity contribution in [2.24, 2.45) is 0 Å². The Morgan fingerprint density at radius 3 is 2.43 bits per heavy atom. The van der Waals surface area contributed by atoms with Crippen LogP contribution in [0.5, 0.6) is 0 Å². The van der Waals surface area contributed by atoms with Crippen molar-refractivity contribution in [2.75, 3.05) is 6.54 Å². The minimum Gasteiger partial charge on any atom is -0.387 e. The average molecular weight is 346 g/mol. The Hall–Kier alpha value is -1.11. The molecule has 2 aromatic rings. The lowest BCUT2D eigenvalue weighted by Crippen LogP contribution is -2.28. The largest absolute Gasteiger partial charge is 0.387 e. The molecule has 0 saturated carbocycles. The Kier molecular flexibility index (Phi) is 5.24. The first-order chi connectivity index (χ1) is 9.90. The maximum Gasteiger partial charge on any atom is 0.242 e. The molecule has 0 spiro atoms. The van der Waals surface area contributed by atoms with E-state index in [1.54, 1.807) is 24.3 Å². The molecule has 0 aliphatic carbocycles. The van der Waals surface area contributed by atoms with E-state index in [-0.39, 0.29) is 21.5 Å². The first-order valence-electron chi connectivity index (χ1n) is 6.08. The summed E-state index contributed by atoms with van der Waals surface area (Å²) < 4.78 is 26.7. The number of aliphatic hydroxyl groups is 1. The van der Waals surface area contributed by atoms with Gasteiger partial charge in [-0.05, 0) is 23.8 Å². The third-order valence-corrected chi connectivity index (χ3v) is 4.97. The van der Waals surface area contributed by atoms with E-state index in [2.05, 4.69) is 4.72 Å². The van der Waals surface area contributed by atoms with Gasteiger partial charge in [0.2, 0.25) is 10.0 Å².